The van der Waals surface area contributed by atoms with Crippen molar-refractivity contribution in [3.63, 3.8) is 0 Å². The zero-order valence-electron chi connectivity index (χ0n) is 17.5. The van der Waals surface area contributed by atoms with Crippen LogP contribution in [0.1, 0.15) is 29.2 Å². The molecule has 5 rings (SSSR count). The van der Waals surface area contributed by atoms with E-state index in [1.165, 1.54) is 11.8 Å². The van der Waals surface area contributed by atoms with Gasteiger partial charge in [-0.15, -0.1) is 10.2 Å². The summed E-state index contributed by atoms with van der Waals surface area (Å²) in [6.07, 6.45) is 4.13. The average molecular weight is 447 g/mol. The summed E-state index contributed by atoms with van der Waals surface area (Å²) in [7, 11) is 1.57. The molecule has 1 aliphatic rings. The van der Waals surface area contributed by atoms with Gasteiger partial charge >= 0.3 is 0 Å². The van der Waals surface area contributed by atoms with Crippen LogP contribution in [0.5, 0.6) is 0 Å². The van der Waals surface area contributed by atoms with E-state index in [0.717, 1.165) is 40.3 Å². The number of hydrogen-bond donors (Lipinski definition) is 3. The molecule has 1 saturated carbocycles. The minimum absolute atomic E-state index is 0.164. The van der Waals surface area contributed by atoms with Gasteiger partial charge in [-0.05, 0) is 37.1 Å². The first-order valence-corrected chi connectivity index (χ1v) is 11.4. The van der Waals surface area contributed by atoms with E-state index in [1.807, 2.05) is 24.4 Å². The Hall–Kier alpha value is -3.59. The van der Waals surface area contributed by atoms with Gasteiger partial charge in [-0.2, -0.15) is 0 Å². The van der Waals surface area contributed by atoms with Crippen molar-refractivity contribution in [3.8, 4) is 11.4 Å². The number of para-hydroxylation sites is 1. The van der Waals surface area contributed by atoms with Crippen LogP contribution in [-0.4, -0.2) is 44.4 Å². The number of benzene rings is 2. The van der Waals surface area contributed by atoms with Gasteiger partial charge in [0.25, 0.3) is 5.91 Å². The largest absolute Gasteiger partial charge is 0.360 e. The first kappa shape index (κ1) is 20.3. The molecular formula is C23H22N6O2S. The molecule has 8 nitrogen and oxygen atoms in total. The molecule has 1 fully saturated rings. The lowest BCUT2D eigenvalue weighted by Crippen LogP contribution is -2.19. The van der Waals surface area contributed by atoms with Gasteiger partial charge in [-0.1, -0.05) is 36.0 Å². The Morgan fingerprint density at radius 1 is 1.16 bits per heavy atom. The molecule has 0 aliphatic heterocycles. The molecule has 2 amide bonds. The lowest BCUT2D eigenvalue weighted by Gasteiger charge is -2.09. The minimum Gasteiger partial charge on any atom is -0.360 e. The molecule has 2 aromatic carbocycles. The van der Waals surface area contributed by atoms with E-state index in [1.54, 1.807) is 31.3 Å². The smallest absolute Gasteiger partial charge is 0.251 e. The third-order valence-electron chi connectivity index (χ3n) is 5.37. The van der Waals surface area contributed by atoms with Gasteiger partial charge in [-0.25, -0.2) is 0 Å². The van der Waals surface area contributed by atoms with Crippen LogP contribution in [0.2, 0.25) is 0 Å². The van der Waals surface area contributed by atoms with Crippen LogP contribution >= 0.6 is 11.8 Å². The Kier molecular flexibility index (Phi) is 5.40. The highest BCUT2D eigenvalue weighted by molar-refractivity contribution is 7.99. The van der Waals surface area contributed by atoms with Crippen molar-refractivity contribution >= 4 is 40.2 Å². The Bertz CT molecular complexity index is 1310. The Balaban J connectivity index is 1.32. The number of rotatable bonds is 7. The zero-order chi connectivity index (χ0) is 22.1. The third-order valence-corrected chi connectivity index (χ3v) is 6.32. The fourth-order valence-electron chi connectivity index (χ4n) is 3.69. The number of fused-ring (bicyclic) bond motifs is 1. The van der Waals surface area contributed by atoms with Gasteiger partial charge < -0.3 is 15.6 Å². The second kappa shape index (κ2) is 8.51. The average Bonchev–Trinajstić information content (AvgIpc) is 3.43. The molecule has 4 aromatic rings. The summed E-state index contributed by atoms with van der Waals surface area (Å²) >= 11 is 1.37. The number of carbonyl (C=O) groups is 2. The number of aromatic amines is 1. The first-order chi connectivity index (χ1) is 15.6. The molecule has 162 valence electrons. The summed E-state index contributed by atoms with van der Waals surface area (Å²) in [6.45, 7) is 0. The Labute approximate surface area is 188 Å². The maximum absolute atomic E-state index is 12.5. The normalized spacial score (nSPS) is 13.3. The SMILES string of the molecule is CNC(=O)c1cccc(NC(=O)CSc2nnc(-c3c[nH]c4ccccc34)n2C2CC2)c1. The highest BCUT2D eigenvalue weighted by atomic mass is 32.2. The molecule has 0 radical (unpaired) electrons. The van der Waals surface area contributed by atoms with E-state index in [-0.39, 0.29) is 17.6 Å². The summed E-state index contributed by atoms with van der Waals surface area (Å²) in [5.74, 6) is 0.662. The quantitative estimate of drug-likeness (QED) is 0.374. The van der Waals surface area contributed by atoms with Crippen molar-refractivity contribution in [2.75, 3.05) is 18.1 Å². The molecule has 2 aromatic heterocycles. The summed E-state index contributed by atoms with van der Waals surface area (Å²) < 4.78 is 2.15. The maximum atomic E-state index is 12.5. The van der Waals surface area contributed by atoms with Crippen molar-refractivity contribution in [2.45, 2.75) is 24.0 Å². The number of H-pyrrole nitrogens is 1. The van der Waals surface area contributed by atoms with Crippen molar-refractivity contribution in [1.29, 1.82) is 0 Å². The van der Waals surface area contributed by atoms with Crippen molar-refractivity contribution in [2.24, 2.45) is 0 Å². The highest BCUT2D eigenvalue weighted by Gasteiger charge is 2.31. The van der Waals surface area contributed by atoms with E-state index in [0.29, 0.717) is 17.3 Å². The third kappa shape index (κ3) is 3.99. The minimum atomic E-state index is -0.196. The summed E-state index contributed by atoms with van der Waals surface area (Å²) in [6, 6.07) is 15.3. The second-order valence-electron chi connectivity index (χ2n) is 7.65. The zero-order valence-corrected chi connectivity index (χ0v) is 18.3. The number of nitrogens with one attached hydrogen (secondary N) is 3. The molecule has 32 heavy (non-hydrogen) atoms. The molecule has 0 saturated heterocycles. The standard InChI is InChI=1S/C23H22N6O2S/c1-24-22(31)14-5-4-6-15(11-14)26-20(30)13-32-23-28-27-21(29(23)16-9-10-16)18-12-25-19-8-3-2-7-17(18)19/h2-8,11-12,16,25H,9-10,13H2,1H3,(H,24,31)(H,26,30). The van der Waals surface area contributed by atoms with Crippen molar-refractivity contribution < 1.29 is 9.59 Å². The van der Waals surface area contributed by atoms with Crippen LogP contribution in [-0.2, 0) is 4.79 Å². The van der Waals surface area contributed by atoms with Gasteiger partial charge in [0.1, 0.15) is 0 Å². The van der Waals surface area contributed by atoms with Crippen molar-refractivity contribution in [1.82, 2.24) is 25.1 Å². The van der Waals surface area contributed by atoms with Gasteiger partial charge in [-0.3, -0.25) is 14.2 Å². The van der Waals surface area contributed by atoms with E-state index in [9.17, 15) is 9.59 Å². The van der Waals surface area contributed by atoms with Crippen LogP contribution in [0, 0.1) is 0 Å². The van der Waals surface area contributed by atoms with Gasteiger partial charge in [0.2, 0.25) is 5.91 Å². The fourth-order valence-corrected chi connectivity index (χ4v) is 4.49. The van der Waals surface area contributed by atoms with Crippen LogP contribution in [0.3, 0.4) is 0 Å². The molecule has 0 atom stereocenters. The lowest BCUT2D eigenvalue weighted by molar-refractivity contribution is -0.113. The van der Waals surface area contributed by atoms with Crippen LogP contribution in [0.25, 0.3) is 22.3 Å². The van der Waals surface area contributed by atoms with E-state index < -0.39 is 0 Å². The number of carbonyl (C=O) groups excluding carboxylic acids is 2. The molecule has 0 unspecified atom stereocenters. The molecule has 9 heteroatoms. The number of nitrogens with zero attached hydrogens (tertiary/aromatic N) is 3. The number of anilines is 1. The Morgan fingerprint density at radius 2 is 2.00 bits per heavy atom. The Morgan fingerprint density at radius 3 is 2.81 bits per heavy atom. The van der Waals surface area contributed by atoms with Crippen molar-refractivity contribution in [3.05, 3.63) is 60.3 Å². The first-order valence-electron chi connectivity index (χ1n) is 10.4. The van der Waals surface area contributed by atoms with Crippen LogP contribution in [0.15, 0.2) is 59.9 Å². The number of amides is 2. The molecule has 2 heterocycles. The summed E-state index contributed by atoms with van der Waals surface area (Å²) in [4.78, 5) is 27.6. The van der Waals surface area contributed by atoms with Gasteiger partial charge in [0.05, 0.1) is 5.75 Å². The van der Waals surface area contributed by atoms with Crippen LogP contribution in [0.4, 0.5) is 5.69 Å². The lowest BCUT2D eigenvalue weighted by atomic mass is 10.1. The number of thioether (sulfide) groups is 1. The van der Waals surface area contributed by atoms with Gasteiger partial charge in [0, 0.05) is 47.0 Å². The topological polar surface area (TPSA) is 105 Å². The van der Waals surface area contributed by atoms with Crippen LogP contribution < -0.4 is 10.6 Å². The van der Waals surface area contributed by atoms with E-state index in [2.05, 4.69) is 36.4 Å². The molecule has 0 bridgehead atoms. The number of aromatic nitrogens is 4. The van der Waals surface area contributed by atoms with E-state index >= 15 is 0 Å². The van der Waals surface area contributed by atoms with E-state index in [4.69, 9.17) is 0 Å². The maximum Gasteiger partial charge on any atom is 0.251 e. The predicted molar refractivity (Wildman–Crippen MR) is 125 cm³/mol. The predicted octanol–water partition coefficient (Wildman–Crippen LogP) is 3.85. The summed E-state index contributed by atoms with van der Waals surface area (Å²) in [5.41, 5.74) is 3.15. The molecule has 3 N–H and O–H groups in total. The molecule has 0 spiro atoms. The highest BCUT2D eigenvalue weighted by Crippen LogP contribution is 2.42. The second-order valence-corrected chi connectivity index (χ2v) is 8.59. The van der Waals surface area contributed by atoms with Gasteiger partial charge in [0.15, 0.2) is 11.0 Å². The number of hydrogen-bond acceptors (Lipinski definition) is 5. The monoisotopic (exact) mass is 446 g/mol. The summed E-state index contributed by atoms with van der Waals surface area (Å²) in [5, 5.41) is 16.1. The molecular weight excluding hydrogens is 424 g/mol. The fraction of sp³-hybridized carbons (Fsp3) is 0.217. The molecule has 1 aliphatic carbocycles.